The topological polar surface area (TPSA) is 57.7 Å². The van der Waals surface area contributed by atoms with Crippen molar-refractivity contribution in [3.8, 4) is 0 Å². The van der Waals surface area contributed by atoms with E-state index in [0.29, 0.717) is 26.1 Å². The van der Waals surface area contributed by atoms with Crippen LogP contribution in [0.1, 0.15) is 105 Å². The van der Waals surface area contributed by atoms with Crippen molar-refractivity contribution < 1.29 is 15.8 Å². The Morgan fingerprint density at radius 2 is 1.38 bits per heavy atom. The van der Waals surface area contributed by atoms with Gasteiger partial charge in [-0.3, -0.25) is 9.69 Å². The first-order valence-corrected chi connectivity index (χ1v) is 17.4. The molecule has 2 atom stereocenters. The minimum absolute atomic E-state index is 0. The average Bonchev–Trinajstić information content (AvgIpc) is 3.06. The van der Waals surface area contributed by atoms with Crippen molar-refractivity contribution >= 4 is 35.7 Å². The number of hydrogen-bond acceptors (Lipinski definition) is 3. The molecule has 0 saturated carbocycles. The maximum atomic E-state index is 13.9. The third kappa shape index (κ3) is 13.7. The maximum absolute atomic E-state index is 13.9. The van der Waals surface area contributed by atoms with Crippen molar-refractivity contribution in [3.05, 3.63) is 101 Å². The Morgan fingerprint density at radius 3 is 1.94 bits per heavy atom. The first-order chi connectivity index (χ1) is 22.2. The van der Waals surface area contributed by atoms with E-state index in [4.69, 9.17) is 0 Å². The summed E-state index contributed by atoms with van der Waals surface area (Å²) >= 11 is 0. The number of Topliss-reactive ketones (excluding diaryl/α,β-unsaturated/α-hetero) is 2. The summed E-state index contributed by atoms with van der Waals surface area (Å²) in [6.45, 7) is 21.0. The van der Waals surface area contributed by atoms with Crippen molar-refractivity contribution in [3.63, 3.8) is 0 Å². The highest BCUT2D eigenvalue weighted by Gasteiger charge is 2.45. The molecule has 5 nitrogen and oxygen atoms in total. The van der Waals surface area contributed by atoms with Crippen molar-refractivity contribution in [1.29, 1.82) is 0 Å². The Bertz CT molecular complexity index is 1330. The van der Waals surface area contributed by atoms with Crippen molar-refractivity contribution in [2.75, 3.05) is 18.0 Å². The molecule has 3 aromatic rings. The van der Waals surface area contributed by atoms with Gasteiger partial charge in [-0.15, -0.1) is 12.4 Å². The normalized spacial score (nSPS) is 15.7. The molecule has 6 heteroatoms. The fourth-order valence-corrected chi connectivity index (χ4v) is 6.07. The van der Waals surface area contributed by atoms with E-state index >= 15 is 0 Å². The number of ketones is 2. The van der Waals surface area contributed by atoms with Crippen LogP contribution in [0.3, 0.4) is 0 Å². The molecule has 3 aromatic carbocycles. The first-order valence-electron chi connectivity index (χ1n) is 17.4. The number of rotatable bonds is 12. The van der Waals surface area contributed by atoms with Crippen LogP contribution in [-0.4, -0.2) is 35.6 Å². The molecule has 0 bridgehead atoms. The minimum Gasteiger partial charge on any atom is -0.319 e. The molecule has 0 spiro atoms. The van der Waals surface area contributed by atoms with Gasteiger partial charge in [0, 0.05) is 51.4 Å². The molecular formula is C41H63ClN2O3. The summed E-state index contributed by atoms with van der Waals surface area (Å²) in [4.78, 5) is 43.9. The largest absolute Gasteiger partial charge is 0.324 e. The molecule has 47 heavy (non-hydrogen) atoms. The van der Waals surface area contributed by atoms with Gasteiger partial charge in [0.25, 0.3) is 0 Å². The van der Waals surface area contributed by atoms with Crippen LogP contribution >= 0.6 is 12.4 Å². The molecule has 0 aromatic heterocycles. The summed E-state index contributed by atoms with van der Waals surface area (Å²) in [6, 6.07) is 26.2. The van der Waals surface area contributed by atoms with E-state index in [1.54, 1.807) is 11.8 Å². The lowest BCUT2D eigenvalue weighted by Gasteiger charge is -2.47. The second kappa shape index (κ2) is 23.0. The number of amides is 2. The zero-order chi connectivity index (χ0) is 34.7. The summed E-state index contributed by atoms with van der Waals surface area (Å²) in [5, 5.41) is 0. The van der Waals surface area contributed by atoms with Crippen LogP contribution < -0.4 is 4.90 Å². The molecule has 2 amide bonds. The van der Waals surface area contributed by atoms with E-state index < -0.39 is 5.41 Å². The number of hydrogen-bond donors (Lipinski definition) is 0. The van der Waals surface area contributed by atoms with Gasteiger partial charge in [-0.05, 0) is 61.9 Å². The van der Waals surface area contributed by atoms with Gasteiger partial charge in [0.15, 0.2) is 0 Å². The van der Waals surface area contributed by atoms with E-state index in [1.165, 1.54) is 5.56 Å². The second-order valence-electron chi connectivity index (χ2n) is 11.7. The lowest BCUT2D eigenvalue weighted by Crippen LogP contribution is -2.59. The number of benzene rings is 3. The van der Waals surface area contributed by atoms with Gasteiger partial charge >= 0.3 is 6.03 Å². The van der Waals surface area contributed by atoms with Gasteiger partial charge < -0.3 is 9.69 Å². The summed E-state index contributed by atoms with van der Waals surface area (Å²) in [6.07, 6.45) is 2.77. The number of carbonyl (C=O) groups excluding carboxylic acids is 3. The van der Waals surface area contributed by atoms with Crippen molar-refractivity contribution in [1.82, 2.24) is 4.90 Å². The molecule has 1 aliphatic rings. The van der Waals surface area contributed by atoms with Crippen molar-refractivity contribution in [2.24, 2.45) is 11.3 Å². The molecule has 4 rings (SSSR count). The van der Waals surface area contributed by atoms with Crippen LogP contribution in [0.2, 0.25) is 0 Å². The summed E-state index contributed by atoms with van der Waals surface area (Å²) in [5.41, 5.74) is 4.66. The molecule has 1 fully saturated rings. The van der Waals surface area contributed by atoms with Crippen molar-refractivity contribution in [2.45, 2.75) is 108 Å². The summed E-state index contributed by atoms with van der Waals surface area (Å²) in [7, 11) is 0. The van der Waals surface area contributed by atoms with Crippen LogP contribution in [0, 0.1) is 25.2 Å². The van der Waals surface area contributed by atoms with E-state index in [9.17, 15) is 14.4 Å². The van der Waals surface area contributed by atoms with Crippen LogP contribution in [-0.2, 0) is 22.6 Å². The lowest BCUT2D eigenvalue weighted by molar-refractivity contribution is -0.125. The number of nitrogens with zero attached hydrogens (tertiary/aromatic N) is 2. The van der Waals surface area contributed by atoms with E-state index in [2.05, 4.69) is 19.1 Å². The number of halogens is 1. The highest BCUT2D eigenvalue weighted by atomic mass is 35.5. The fourth-order valence-electron chi connectivity index (χ4n) is 6.07. The zero-order valence-corrected chi connectivity index (χ0v) is 31.6. The van der Waals surface area contributed by atoms with E-state index in [1.807, 2.05) is 127 Å². The van der Waals surface area contributed by atoms with Crippen LogP contribution in [0.5, 0.6) is 0 Å². The second-order valence-corrected chi connectivity index (χ2v) is 11.7. The number of anilines is 1. The van der Waals surface area contributed by atoms with Gasteiger partial charge in [0.2, 0.25) is 0 Å². The average molecular weight is 667 g/mol. The molecule has 1 saturated heterocycles. The smallest absolute Gasteiger partial charge is 0.319 e. The highest BCUT2D eigenvalue weighted by molar-refractivity contribution is 5.94. The van der Waals surface area contributed by atoms with Gasteiger partial charge in [0.1, 0.15) is 11.6 Å². The van der Waals surface area contributed by atoms with E-state index in [-0.39, 0.29) is 50.2 Å². The molecule has 0 aliphatic carbocycles. The maximum Gasteiger partial charge on any atom is 0.324 e. The molecule has 1 aliphatic heterocycles. The Kier molecular flexibility index (Phi) is 21.3. The van der Waals surface area contributed by atoms with E-state index in [0.717, 1.165) is 35.2 Å². The molecular weight excluding hydrogens is 604 g/mol. The standard InChI is InChI=1S/C35H42N2O3.3C2H6.ClH.H2/c1-5-29(19-30-12-7-6-8-13-30)20-33(39)22-35(21-28(4)38)24-36(23-31-14-10-9-11-27(31)3)34(40)37(25-35)32-17-15-26(2)16-18-32;3*1-2;;/h6-18,29H,5,19-25H2,1-4H3;3*1-2H3;2*1H. The highest BCUT2D eigenvalue weighted by Crippen LogP contribution is 2.38. The van der Waals surface area contributed by atoms with Crippen LogP contribution in [0.4, 0.5) is 10.5 Å². The number of aryl methyl sites for hydroxylation is 2. The fraction of sp³-hybridized carbons (Fsp3) is 0.488. The SMILES string of the molecule is CC.CC.CC.CCC(CC(=O)CC1(CC(C)=O)CN(Cc2ccccc2C)C(=O)N(c2ccc(C)cc2)C1)Cc1ccccc1.Cl.[HH]. The number of carbonyl (C=O) groups is 3. The summed E-state index contributed by atoms with van der Waals surface area (Å²) in [5.74, 6) is 0.446. The predicted octanol–water partition coefficient (Wildman–Crippen LogP) is 11.1. The Labute approximate surface area is 294 Å². The molecule has 0 N–H and O–H groups in total. The lowest BCUT2D eigenvalue weighted by atomic mass is 9.74. The minimum atomic E-state index is -0.657. The third-order valence-corrected chi connectivity index (χ3v) is 8.15. The quantitative estimate of drug-likeness (QED) is 0.193. The van der Waals surface area contributed by atoms with Gasteiger partial charge in [-0.1, -0.05) is 127 Å². The van der Waals surface area contributed by atoms with Gasteiger partial charge in [0.05, 0.1) is 0 Å². The molecule has 262 valence electrons. The van der Waals surface area contributed by atoms with Gasteiger partial charge in [-0.2, -0.15) is 0 Å². The predicted molar refractivity (Wildman–Crippen MR) is 205 cm³/mol. The molecule has 2 unspecified atom stereocenters. The zero-order valence-electron chi connectivity index (χ0n) is 30.8. The Balaban J connectivity index is 0. The first kappa shape index (κ1) is 43.6. The Morgan fingerprint density at radius 1 is 0.809 bits per heavy atom. The molecule has 1 heterocycles. The van der Waals surface area contributed by atoms with Crippen LogP contribution in [0.25, 0.3) is 0 Å². The summed E-state index contributed by atoms with van der Waals surface area (Å²) < 4.78 is 0. The monoisotopic (exact) mass is 666 g/mol. The Hall–Kier alpha value is -3.44. The number of urea groups is 1. The van der Waals surface area contributed by atoms with Gasteiger partial charge in [-0.25, -0.2) is 4.79 Å². The molecule has 0 radical (unpaired) electrons. The third-order valence-electron chi connectivity index (χ3n) is 8.15. The van der Waals surface area contributed by atoms with Crippen LogP contribution in [0.15, 0.2) is 78.9 Å².